The second kappa shape index (κ2) is 8.52. The van der Waals surface area contributed by atoms with Crippen LogP contribution in [0.4, 0.5) is 5.82 Å². The molecule has 7 heteroatoms. The van der Waals surface area contributed by atoms with Gasteiger partial charge in [0.1, 0.15) is 23.8 Å². The Morgan fingerprint density at radius 2 is 1.90 bits per heavy atom. The Kier molecular flexibility index (Phi) is 5.47. The SMILES string of the molecule is Cc1nccn1-c1cc(NCCNC(=O)Cc2cccc3ccccc23)ncn1. The molecule has 0 aliphatic rings. The number of anilines is 1. The molecular weight excluding hydrogens is 364 g/mol. The number of rotatable bonds is 7. The van der Waals surface area contributed by atoms with E-state index in [1.165, 1.54) is 6.33 Å². The van der Waals surface area contributed by atoms with E-state index in [0.29, 0.717) is 25.3 Å². The second-order valence-electron chi connectivity index (χ2n) is 6.70. The molecule has 146 valence electrons. The van der Waals surface area contributed by atoms with Gasteiger partial charge < -0.3 is 10.6 Å². The Morgan fingerprint density at radius 1 is 1.03 bits per heavy atom. The van der Waals surface area contributed by atoms with Gasteiger partial charge in [-0.05, 0) is 23.3 Å². The van der Waals surface area contributed by atoms with Gasteiger partial charge in [-0.2, -0.15) is 0 Å². The first-order valence-electron chi connectivity index (χ1n) is 9.50. The lowest BCUT2D eigenvalue weighted by atomic mass is 10.0. The normalized spacial score (nSPS) is 10.8. The third-order valence-electron chi connectivity index (χ3n) is 4.71. The molecule has 0 spiro atoms. The summed E-state index contributed by atoms with van der Waals surface area (Å²) < 4.78 is 1.89. The van der Waals surface area contributed by atoms with Crippen LogP contribution in [0.3, 0.4) is 0 Å². The van der Waals surface area contributed by atoms with Gasteiger partial charge in [-0.15, -0.1) is 0 Å². The van der Waals surface area contributed by atoms with E-state index in [2.05, 4.69) is 37.7 Å². The monoisotopic (exact) mass is 386 g/mol. The number of benzene rings is 2. The van der Waals surface area contributed by atoms with Crippen molar-refractivity contribution in [3.8, 4) is 5.82 Å². The molecule has 4 aromatic rings. The summed E-state index contributed by atoms with van der Waals surface area (Å²) in [4.78, 5) is 25.0. The number of fused-ring (bicyclic) bond motifs is 1. The maximum Gasteiger partial charge on any atom is 0.224 e. The van der Waals surface area contributed by atoms with Crippen LogP contribution < -0.4 is 10.6 Å². The summed E-state index contributed by atoms with van der Waals surface area (Å²) in [5, 5.41) is 8.44. The summed E-state index contributed by atoms with van der Waals surface area (Å²) in [6.07, 6.45) is 5.46. The predicted molar refractivity (Wildman–Crippen MR) is 113 cm³/mol. The molecule has 0 saturated carbocycles. The Hall–Kier alpha value is -3.74. The summed E-state index contributed by atoms with van der Waals surface area (Å²) in [5.41, 5.74) is 1.03. The number of hydrogen-bond donors (Lipinski definition) is 2. The van der Waals surface area contributed by atoms with Crippen LogP contribution in [0.15, 0.2) is 67.3 Å². The molecule has 0 aliphatic heterocycles. The van der Waals surface area contributed by atoms with Gasteiger partial charge in [0, 0.05) is 31.5 Å². The fraction of sp³-hybridized carbons (Fsp3) is 0.182. The molecule has 0 saturated heterocycles. The van der Waals surface area contributed by atoms with Gasteiger partial charge in [0.05, 0.1) is 6.42 Å². The van der Waals surface area contributed by atoms with E-state index < -0.39 is 0 Å². The average molecular weight is 386 g/mol. The maximum absolute atomic E-state index is 12.3. The van der Waals surface area contributed by atoms with Gasteiger partial charge in [-0.1, -0.05) is 42.5 Å². The van der Waals surface area contributed by atoms with Crippen LogP contribution in [-0.2, 0) is 11.2 Å². The van der Waals surface area contributed by atoms with Crippen molar-refractivity contribution in [2.45, 2.75) is 13.3 Å². The van der Waals surface area contributed by atoms with Crippen LogP contribution in [0.1, 0.15) is 11.4 Å². The zero-order chi connectivity index (χ0) is 20.1. The predicted octanol–water partition coefficient (Wildman–Crippen LogP) is 2.89. The zero-order valence-electron chi connectivity index (χ0n) is 16.2. The van der Waals surface area contributed by atoms with Crippen molar-refractivity contribution >= 4 is 22.5 Å². The van der Waals surface area contributed by atoms with E-state index >= 15 is 0 Å². The number of carbonyl (C=O) groups is 1. The molecule has 2 aromatic heterocycles. The lowest BCUT2D eigenvalue weighted by molar-refractivity contribution is -0.120. The van der Waals surface area contributed by atoms with Crippen LogP contribution in [0.2, 0.25) is 0 Å². The highest BCUT2D eigenvalue weighted by Gasteiger charge is 2.07. The first kappa shape index (κ1) is 18.6. The molecule has 4 rings (SSSR count). The van der Waals surface area contributed by atoms with E-state index in [1.807, 2.05) is 54.1 Å². The zero-order valence-corrected chi connectivity index (χ0v) is 16.2. The van der Waals surface area contributed by atoms with E-state index in [9.17, 15) is 4.79 Å². The lowest BCUT2D eigenvalue weighted by Gasteiger charge is -2.10. The van der Waals surface area contributed by atoms with E-state index in [0.717, 1.165) is 28.0 Å². The van der Waals surface area contributed by atoms with Crippen LogP contribution >= 0.6 is 0 Å². The minimum absolute atomic E-state index is 0.000528. The highest BCUT2D eigenvalue weighted by Crippen LogP contribution is 2.18. The standard InChI is InChI=1S/C22H22N6O/c1-16-23-11-12-28(16)21-14-20(26-15-27-21)24-9-10-25-22(29)13-18-7-4-6-17-5-2-3-8-19(17)18/h2-8,11-12,14-15H,9-10,13H2,1H3,(H,25,29)(H,24,26,27). The fourth-order valence-electron chi connectivity index (χ4n) is 3.27. The molecule has 2 aromatic carbocycles. The van der Waals surface area contributed by atoms with E-state index in [-0.39, 0.29) is 5.91 Å². The van der Waals surface area contributed by atoms with Crippen molar-refractivity contribution in [3.63, 3.8) is 0 Å². The first-order valence-corrected chi connectivity index (χ1v) is 9.50. The summed E-state index contributed by atoms with van der Waals surface area (Å²) in [5.74, 6) is 2.31. The third kappa shape index (κ3) is 4.40. The molecule has 1 amide bonds. The second-order valence-corrected chi connectivity index (χ2v) is 6.70. The highest BCUT2D eigenvalue weighted by molar-refractivity contribution is 5.90. The molecule has 0 radical (unpaired) electrons. The van der Waals surface area contributed by atoms with Crippen molar-refractivity contribution in [3.05, 3.63) is 78.6 Å². The number of aryl methyl sites for hydroxylation is 1. The van der Waals surface area contributed by atoms with E-state index in [1.54, 1.807) is 6.20 Å². The van der Waals surface area contributed by atoms with Gasteiger partial charge in [-0.25, -0.2) is 15.0 Å². The Bertz CT molecular complexity index is 1130. The number of aromatic nitrogens is 4. The smallest absolute Gasteiger partial charge is 0.224 e. The van der Waals surface area contributed by atoms with Crippen molar-refractivity contribution < 1.29 is 4.79 Å². The minimum atomic E-state index is 0.000528. The van der Waals surface area contributed by atoms with Gasteiger partial charge in [0.2, 0.25) is 5.91 Å². The fourth-order valence-corrected chi connectivity index (χ4v) is 3.27. The quantitative estimate of drug-likeness (QED) is 0.477. The summed E-state index contributed by atoms with van der Waals surface area (Å²) in [6.45, 7) is 2.99. The minimum Gasteiger partial charge on any atom is -0.368 e. The summed E-state index contributed by atoms with van der Waals surface area (Å²) in [6, 6.07) is 16.0. The van der Waals surface area contributed by atoms with Crippen LogP contribution in [0, 0.1) is 6.92 Å². The number of amides is 1. The molecule has 0 bridgehead atoms. The van der Waals surface area contributed by atoms with Crippen LogP contribution in [0.5, 0.6) is 0 Å². The number of imidazole rings is 1. The molecular formula is C22H22N6O. The third-order valence-corrected chi connectivity index (χ3v) is 4.71. The molecule has 2 heterocycles. The van der Waals surface area contributed by atoms with Crippen molar-refractivity contribution in [2.75, 3.05) is 18.4 Å². The molecule has 0 atom stereocenters. The topological polar surface area (TPSA) is 84.7 Å². The van der Waals surface area contributed by atoms with Gasteiger partial charge >= 0.3 is 0 Å². The van der Waals surface area contributed by atoms with Crippen molar-refractivity contribution in [2.24, 2.45) is 0 Å². The van der Waals surface area contributed by atoms with Crippen LogP contribution in [0.25, 0.3) is 16.6 Å². The first-order chi connectivity index (χ1) is 14.2. The molecule has 29 heavy (non-hydrogen) atoms. The number of nitrogens with one attached hydrogen (secondary N) is 2. The molecule has 2 N–H and O–H groups in total. The molecule has 0 aliphatic carbocycles. The van der Waals surface area contributed by atoms with E-state index in [4.69, 9.17) is 0 Å². The lowest BCUT2D eigenvalue weighted by Crippen LogP contribution is -2.30. The maximum atomic E-state index is 12.3. The highest BCUT2D eigenvalue weighted by atomic mass is 16.1. The average Bonchev–Trinajstić information content (AvgIpc) is 3.18. The Balaban J connectivity index is 1.29. The van der Waals surface area contributed by atoms with Crippen molar-refractivity contribution in [1.82, 2.24) is 24.8 Å². The van der Waals surface area contributed by atoms with Crippen LogP contribution in [-0.4, -0.2) is 38.5 Å². The van der Waals surface area contributed by atoms with Gasteiger partial charge in [-0.3, -0.25) is 9.36 Å². The number of hydrogen-bond acceptors (Lipinski definition) is 5. The number of nitrogens with zero attached hydrogens (tertiary/aromatic N) is 4. The molecule has 0 fully saturated rings. The molecule has 7 nitrogen and oxygen atoms in total. The molecule has 0 unspecified atom stereocenters. The van der Waals surface area contributed by atoms with Gasteiger partial charge in [0.15, 0.2) is 0 Å². The Labute approximate surface area is 168 Å². The summed E-state index contributed by atoms with van der Waals surface area (Å²) >= 11 is 0. The van der Waals surface area contributed by atoms with Crippen molar-refractivity contribution in [1.29, 1.82) is 0 Å². The number of carbonyl (C=O) groups excluding carboxylic acids is 1. The Morgan fingerprint density at radius 3 is 2.76 bits per heavy atom. The summed E-state index contributed by atoms with van der Waals surface area (Å²) in [7, 11) is 0. The van der Waals surface area contributed by atoms with Gasteiger partial charge in [0.25, 0.3) is 0 Å². The largest absolute Gasteiger partial charge is 0.368 e.